The number of alkyl halides is 2. The lowest BCUT2D eigenvalue weighted by atomic mass is 10.1. The maximum absolute atomic E-state index is 13.2. The normalized spacial score (nSPS) is 11.5. The Balaban J connectivity index is 3.21. The fraction of sp³-hybridized carbons (Fsp3) is 0.222. The minimum absolute atomic E-state index is 0.00685. The number of ketones is 1. The summed E-state index contributed by atoms with van der Waals surface area (Å²) in [4.78, 5) is 11.0. The van der Waals surface area contributed by atoms with E-state index in [1.54, 1.807) is 0 Å². The molecule has 1 rings (SSSR count). The molecule has 0 saturated heterocycles. The molecule has 0 aliphatic carbocycles. The summed E-state index contributed by atoms with van der Waals surface area (Å²) in [5.74, 6) is -6.03. The van der Waals surface area contributed by atoms with E-state index in [1.807, 2.05) is 0 Å². The Morgan fingerprint density at radius 3 is 2.50 bits per heavy atom. The lowest BCUT2D eigenvalue weighted by molar-refractivity contribution is 0.0217. The van der Waals surface area contributed by atoms with Crippen LogP contribution in [0.2, 0.25) is 0 Å². The number of halogens is 4. The number of benzene rings is 1. The van der Waals surface area contributed by atoms with Gasteiger partial charge < -0.3 is 0 Å². The van der Waals surface area contributed by atoms with Crippen molar-refractivity contribution in [2.75, 3.05) is 0 Å². The first-order valence-corrected chi connectivity index (χ1v) is 4.50. The van der Waals surface area contributed by atoms with Gasteiger partial charge in [-0.1, -0.05) is 6.07 Å². The molecule has 0 heterocycles. The van der Waals surface area contributed by atoms with E-state index < -0.39 is 23.1 Å². The highest BCUT2D eigenvalue weighted by Gasteiger charge is 2.35. The zero-order valence-corrected chi connectivity index (χ0v) is 8.74. The van der Waals surface area contributed by atoms with Crippen LogP contribution < -0.4 is 0 Å². The smallest absolute Gasteiger partial charge is 0.287 e. The lowest BCUT2D eigenvalue weighted by Crippen LogP contribution is -2.25. The molecule has 1 aromatic carbocycles. The predicted molar refractivity (Wildman–Crippen MR) is 49.1 cm³/mol. The molecule has 0 aliphatic heterocycles. The molecule has 14 heavy (non-hydrogen) atoms. The minimum atomic E-state index is -3.55. The largest absolute Gasteiger partial charge is 0.307 e. The summed E-state index contributed by atoms with van der Waals surface area (Å²) in [7, 11) is 0. The number of carbonyl (C=O) groups is 1. The number of carbonyl (C=O) groups excluding carboxylic acids is 1. The predicted octanol–water partition coefficient (Wildman–Crippen LogP) is 3.43. The highest BCUT2D eigenvalue weighted by Crippen LogP contribution is 2.24. The molecule has 0 spiro atoms. The second kappa shape index (κ2) is 3.73. The molecular formula is C9H6BrF3O. The number of rotatable bonds is 2. The summed E-state index contributed by atoms with van der Waals surface area (Å²) in [6, 6.07) is 3.69. The van der Waals surface area contributed by atoms with Gasteiger partial charge in [0.15, 0.2) is 0 Å². The van der Waals surface area contributed by atoms with Crippen LogP contribution in [-0.4, -0.2) is 11.7 Å². The molecule has 0 aromatic heterocycles. The van der Waals surface area contributed by atoms with E-state index in [0.717, 1.165) is 6.07 Å². The van der Waals surface area contributed by atoms with Gasteiger partial charge in [0.2, 0.25) is 5.78 Å². The van der Waals surface area contributed by atoms with Crippen molar-refractivity contribution in [1.29, 1.82) is 0 Å². The van der Waals surface area contributed by atoms with Crippen LogP contribution in [0.25, 0.3) is 0 Å². The van der Waals surface area contributed by atoms with Crippen molar-refractivity contribution in [1.82, 2.24) is 0 Å². The van der Waals surface area contributed by atoms with Crippen LogP contribution in [0.4, 0.5) is 13.2 Å². The first kappa shape index (κ1) is 11.2. The zero-order valence-electron chi connectivity index (χ0n) is 7.15. The summed E-state index contributed by atoms with van der Waals surface area (Å²) >= 11 is 2.81. The Morgan fingerprint density at radius 1 is 1.43 bits per heavy atom. The van der Waals surface area contributed by atoms with Gasteiger partial charge in [0.1, 0.15) is 5.82 Å². The Morgan fingerprint density at radius 2 is 2.00 bits per heavy atom. The molecule has 0 N–H and O–H groups in total. The van der Waals surface area contributed by atoms with Crippen LogP contribution >= 0.6 is 15.9 Å². The average molecular weight is 267 g/mol. The van der Waals surface area contributed by atoms with Crippen LogP contribution in [0.15, 0.2) is 22.7 Å². The number of Topliss-reactive ketones (excluding diaryl/α,β-unsaturated/α-hetero) is 1. The second-order valence-corrected chi connectivity index (χ2v) is 3.67. The first-order chi connectivity index (χ1) is 6.34. The molecule has 0 amide bonds. The molecule has 0 bridgehead atoms. The van der Waals surface area contributed by atoms with Gasteiger partial charge in [0.05, 0.1) is 10.0 Å². The summed E-state index contributed by atoms with van der Waals surface area (Å²) < 4.78 is 38.3. The third-order valence-corrected chi connectivity index (χ3v) is 2.21. The van der Waals surface area contributed by atoms with Crippen molar-refractivity contribution in [2.45, 2.75) is 12.8 Å². The van der Waals surface area contributed by atoms with Crippen molar-refractivity contribution >= 4 is 21.7 Å². The number of hydrogen-bond donors (Lipinski definition) is 0. The monoisotopic (exact) mass is 266 g/mol. The van der Waals surface area contributed by atoms with E-state index in [2.05, 4.69) is 15.9 Å². The van der Waals surface area contributed by atoms with Crippen LogP contribution in [0.1, 0.15) is 17.3 Å². The second-order valence-electron chi connectivity index (χ2n) is 2.82. The quantitative estimate of drug-likeness (QED) is 0.750. The summed E-state index contributed by atoms with van der Waals surface area (Å²) in [5, 5.41) is 0. The Labute approximate surface area is 87.1 Å². The summed E-state index contributed by atoms with van der Waals surface area (Å²) in [5.41, 5.74) is -0.605. The maximum Gasteiger partial charge on any atom is 0.307 e. The highest BCUT2D eigenvalue weighted by molar-refractivity contribution is 9.10. The van der Waals surface area contributed by atoms with E-state index in [1.165, 1.54) is 12.1 Å². The molecular weight excluding hydrogens is 261 g/mol. The van der Waals surface area contributed by atoms with Crippen molar-refractivity contribution in [3.05, 3.63) is 34.1 Å². The fourth-order valence-electron chi connectivity index (χ4n) is 0.916. The lowest BCUT2D eigenvalue weighted by Gasteiger charge is -2.09. The van der Waals surface area contributed by atoms with Gasteiger partial charge in [0, 0.05) is 6.92 Å². The van der Waals surface area contributed by atoms with E-state index >= 15 is 0 Å². The molecule has 1 aromatic rings. The van der Waals surface area contributed by atoms with Gasteiger partial charge in [0.25, 0.3) is 0 Å². The van der Waals surface area contributed by atoms with Crippen molar-refractivity contribution < 1.29 is 18.0 Å². The van der Waals surface area contributed by atoms with Crippen molar-refractivity contribution in [3.8, 4) is 0 Å². The van der Waals surface area contributed by atoms with Gasteiger partial charge >= 0.3 is 5.92 Å². The Kier molecular flexibility index (Phi) is 2.99. The van der Waals surface area contributed by atoms with E-state index in [9.17, 15) is 18.0 Å². The first-order valence-electron chi connectivity index (χ1n) is 3.70. The van der Waals surface area contributed by atoms with Gasteiger partial charge in [-0.05, 0) is 28.1 Å². The third-order valence-electron chi connectivity index (χ3n) is 1.59. The third kappa shape index (κ3) is 2.15. The molecule has 0 atom stereocenters. The maximum atomic E-state index is 13.2. The van der Waals surface area contributed by atoms with Crippen LogP contribution in [-0.2, 0) is 0 Å². The summed E-state index contributed by atoms with van der Waals surface area (Å²) in [6.45, 7) is 0.440. The van der Waals surface area contributed by atoms with E-state index in [4.69, 9.17) is 0 Å². The molecule has 0 radical (unpaired) electrons. The number of hydrogen-bond acceptors (Lipinski definition) is 1. The molecule has 0 aliphatic rings. The van der Waals surface area contributed by atoms with Gasteiger partial charge in [-0.3, -0.25) is 4.79 Å². The standard InChI is InChI=1S/C9H6BrF3O/c1-9(12,13)8(14)5-3-2-4-6(10)7(5)11/h2-4H,1H3. The van der Waals surface area contributed by atoms with Gasteiger partial charge in [-0.15, -0.1) is 0 Å². The molecule has 1 nitrogen and oxygen atoms in total. The van der Waals surface area contributed by atoms with Crippen molar-refractivity contribution in [2.24, 2.45) is 0 Å². The van der Waals surface area contributed by atoms with Gasteiger partial charge in [-0.25, -0.2) is 4.39 Å². The fourth-order valence-corrected chi connectivity index (χ4v) is 1.28. The highest BCUT2D eigenvalue weighted by atomic mass is 79.9. The van der Waals surface area contributed by atoms with E-state index in [-0.39, 0.29) is 4.47 Å². The van der Waals surface area contributed by atoms with Crippen LogP contribution in [0.3, 0.4) is 0 Å². The van der Waals surface area contributed by atoms with E-state index in [0.29, 0.717) is 6.92 Å². The molecule has 0 saturated carbocycles. The Bertz CT molecular complexity index is 371. The van der Waals surface area contributed by atoms with Crippen molar-refractivity contribution in [3.63, 3.8) is 0 Å². The minimum Gasteiger partial charge on any atom is -0.287 e. The Hall–Kier alpha value is -0.840. The molecule has 5 heteroatoms. The summed E-state index contributed by atoms with van der Waals surface area (Å²) in [6.07, 6.45) is 0. The average Bonchev–Trinajstić information content (AvgIpc) is 2.07. The topological polar surface area (TPSA) is 17.1 Å². The molecule has 76 valence electrons. The van der Waals surface area contributed by atoms with Gasteiger partial charge in [-0.2, -0.15) is 8.78 Å². The SMILES string of the molecule is CC(F)(F)C(=O)c1cccc(Br)c1F. The van der Waals surface area contributed by atoms with Crippen LogP contribution in [0.5, 0.6) is 0 Å². The zero-order chi connectivity index (χ0) is 10.9. The molecule has 0 unspecified atom stereocenters. The molecule has 0 fully saturated rings. The van der Waals surface area contributed by atoms with Crippen LogP contribution in [0, 0.1) is 5.82 Å².